The number of nitrogens with zero attached hydrogens (tertiary/aromatic N) is 1. The molecule has 94 valence electrons. The van der Waals surface area contributed by atoms with Crippen molar-refractivity contribution < 1.29 is 14.7 Å². The van der Waals surface area contributed by atoms with Crippen molar-refractivity contribution in [3.63, 3.8) is 0 Å². The van der Waals surface area contributed by atoms with E-state index in [1.165, 1.54) is 0 Å². The summed E-state index contributed by atoms with van der Waals surface area (Å²) >= 11 is 0. The molecule has 1 atom stereocenters. The molecular weight excluding hydrogens is 208 g/mol. The van der Waals surface area contributed by atoms with Gasteiger partial charge in [-0.3, -0.25) is 14.5 Å². The number of nitrogens with one attached hydrogen (secondary N) is 1. The lowest BCUT2D eigenvalue weighted by Crippen LogP contribution is -2.37. The molecule has 5 nitrogen and oxygen atoms in total. The van der Waals surface area contributed by atoms with Gasteiger partial charge in [0.15, 0.2) is 0 Å². The summed E-state index contributed by atoms with van der Waals surface area (Å²) in [5.74, 6) is -0.785. The highest BCUT2D eigenvalue weighted by molar-refractivity contribution is 5.76. The fourth-order valence-corrected chi connectivity index (χ4v) is 1.60. The smallest absolute Gasteiger partial charge is 0.304 e. The maximum atomic E-state index is 11.3. The van der Waals surface area contributed by atoms with E-state index in [0.717, 1.165) is 6.54 Å². The van der Waals surface area contributed by atoms with Crippen LogP contribution in [0, 0.1) is 0 Å². The molecule has 0 fully saturated rings. The van der Waals surface area contributed by atoms with Gasteiger partial charge in [-0.25, -0.2) is 0 Å². The molecule has 5 heteroatoms. The summed E-state index contributed by atoms with van der Waals surface area (Å²) in [6, 6.07) is -0.0306. The number of rotatable bonds is 8. The maximum Gasteiger partial charge on any atom is 0.304 e. The first-order chi connectivity index (χ1) is 7.51. The van der Waals surface area contributed by atoms with Crippen LogP contribution in [0.2, 0.25) is 0 Å². The van der Waals surface area contributed by atoms with Crippen LogP contribution in [0.5, 0.6) is 0 Å². The molecule has 0 radical (unpaired) electrons. The second kappa shape index (κ2) is 8.10. The van der Waals surface area contributed by atoms with E-state index < -0.39 is 5.97 Å². The minimum absolute atomic E-state index is 0.0171. The molecule has 0 aromatic heterocycles. The van der Waals surface area contributed by atoms with Gasteiger partial charge in [0.2, 0.25) is 5.91 Å². The maximum absolute atomic E-state index is 11.3. The molecule has 0 spiro atoms. The van der Waals surface area contributed by atoms with Gasteiger partial charge >= 0.3 is 5.97 Å². The molecule has 0 aliphatic rings. The van der Waals surface area contributed by atoms with E-state index in [2.05, 4.69) is 5.32 Å². The van der Waals surface area contributed by atoms with Crippen LogP contribution in [0.3, 0.4) is 0 Å². The zero-order valence-electron chi connectivity index (χ0n) is 10.3. The highest BCUT2D eigenvalue weighted by Gasteiger charge is 2.15. The zero-order valence-corrected chi connectivity index (χ0v) is 10.3. The van der Waals surface area contributed by atoms with Crippen molar-refractivity contribution in [2.75, 3.05) is 19.6 Å². The summed E-state index contributed by atoms with van der Waals surface area (Å²) in [6.07, 6.45) is 0.537. The normalized spacial score (nSPS) is 12.5. The predicted molar refractivity (Wildman–Crippen MR) is 62.3 cm³/mol. The minimum Gasteiger partial charge on any atom is -0.481 e. The van der Waals surface area contributed by atoms with Crippen LogP contribution in [0.25, 0.3) is 0 Å². The van der Waals surface area contributed by atoms with Crippen molar-refractivity contribution in [3.05, 3.63) is 0 Å². The molecule has 1 unspecified atom stereocenters. The zero-order chi connectivity index (χ0) is 12.6. The first-order valence-corrected chi connectivity index (χ1v) is 5.73. The van der Waals surface area contributed by atoms with Crippen molar-refractivity contribution in [1.82, 2.24) is 10.2 Å². The largest absolute Gasteiger partial charge is 0.481 e. The Kier molecular flexibility index (Phi) is 7.54. The van der Waals surface area contributed by atoms with Crippen molar-refractivity contribution in [2.24, 2.45) is 0 Å². The highest BCUT2D eigenvalue weighted by atomic mass is 16.4. The van der Waals surface area contributed by atoms with Gasteiger partial charge in [-0.1, -0.05) is 6.92 Å². The fraction of sp³-hybridized carbons (Fsp3) is 0.818. The molecule has 0 aromatic carbocycles. The van der Waals surface area contributed by atoms with Crippen LogP contribution >= 0.6 is 0 Å². The molecule has 2 N–H and O–H groups in total. The Bertz CT molecular complexity index is 231. The number of amides is 1. The third kappa shape index (κ3) is 6.40. The molecular formula is C11H22N2O3. The first-order valence-electron chi connectivity index (χ1n) is 5.73. The molecule has 0 rings (SSSR count). The molecule has 16 heavy (non-hydrogen) atoms. The lowest BCUT2D eigenvalue weighted by molar-refractivity contribution is -0.138. The van der Waals surface area contributed by atoms with Gasteiger partial charge < -0.3 is 10.4 Å². The monoisotopic (exact) mass is 230 g/mol. The average molecular weight is 230 g/mol. The van der Waals surface area contributed by atoms with E-state index in [1.54, 1.807) is 0 Å². The SMILES string of the molecule is CCNC(=O)CCN(CC)C(C)CC(=O)O. The van der Waals surface area contributed by atoms with Gasteiger partial charge in [-0.2, -0.15) is 0 Å². The Morgan fingerprint density at radius 2 is 2.00 bits per heavy atom. The van der Waals surface area contributed by atoms with Gasteiger partial charge in [-0.15, -0.1) is 0 Å². The van der Waals surface area contributed by atoms with Crippen LogP contribution < -0.4 is 5.32 Å². The summed E-state index contributed by atoms with van der Waals surface area (Å²) < 4.78 is 0. The van der Waals surface area contributed by atoms with Crippen LogP contribution in [0.15, 0.2) is 0 Å². The number of carbonyl (C=O) groups is 2. The van der Waals surface area contributed by atoms with Gasteiger partial charge in [0.1, 0.15) is 0 Å². The van der Waals surface area contributed by atoms with Gasteiger partial charge in [0, 0.05) is 25.6 Å². The molecule has 0 heterocycles. The second-order valence-electron chi connectivity index (χ2n) is 3.78. The summed E-state index contributed by atoms with van der Waals surface area (Å²) in [5, 5.41) is 11.4. The highest BCUT2D eigenvalue weighted by Crippen LogP contribution is 2.04. The van der Waals surface area contributed by atoms with Crippen molar-refractivity contribution in [2.45, 2.75) is 39.7 Å². The fourth-order valence-electron chi connectivity index (χ4n) is 1.60. The number of carboxylic acids is 1. The van der Waals surface area contributed by atoms with Crippen molar-refractivity contribution in [1.29, 1.82) is 0 Å². The van der Waals surface area contributed by atoms with E-state index in [-0.39, 0.29) is 18.4 Å². The van der Waals surface area contributed by atoms with Crippen LogP contribution in [0.1, 0.15) is 33.6 Å². The first kappa shape index (κ1) is 14.9. The Morgan fingerprint density at radius 1 is 1.38 bits per heavy atom. The van der Waals surface area contributed by atoms with Gasteiger partial charge in [-0.05, 0) is 20.4 Å². The van der Waals surface area contributed by atoms with Crippen LogP contribution in [-0.4, -0.2) is 47.6 Å². The number of hydrogen-bond acceptors (Lipinski definition) is 3. The Morgan fingerprint density at radius 3 is 2.44 bits per heavy atom. The molecule has 0 saturated heterocycles. The van der Waals surface area contributed by atoms with Crippen LogP contribution in [-0.2, 0) is 9.59 Å². The summed E-state index contributed by atoms with van der Waals surface area (Å²) in [4.78, 5) is 23.8. The summed E-state index contributed by atoms with van der Waals surface area (Å²) in [7, 11) is 0. The Hall–Kier alpha value is -1.10. The number of carbonyl (C=O) groups excluding carboxylic acids is 1. The van der Waals surface area contributed by atoms with Crippen molar-refractivity contribution in [3.8, 4) is 0 Å². The van der Waals surface area contributed by atoms with E-state index in [0.29, 0.717) is 19.5 Å². The molecule has 1 amide bonds. The van der Waals surface area contributed by atoms with Crippen LogP contribution in [0.4, 0.5) is 0 Å². The quantitative estimate of drug-likeness (QED) is 0.644. The summed E-state index contributed by atoms with van der Waals surface area (Å²) in [5.41, 5.74) is 0. The van der Waals surface area contributed by atoms with Crippen molar-refractivity contribution >= 4 is 11.9 Å². The second-order valence-corrected chi connectivity index (χ2v) is 3.78. The lowest BCUT2D eigenvalue weighted by Gasteiger charge is -2.26. The molecule has 0 saturated carbocycles. The van der Waals surface area contributed by atoms with E-state index in [9.17, 15) is 9.59 Å². The lowest BCUT2D eigenvalue weighted by atomic mass is 10.2. The average Bonchev–Trinajstić information content (AvgIpc) is 2.17. The third-order valence-corrected chi connectivity index (χ3v) is 2.50. The number of hydrogen-bond donors (Lipinski definition) is 2. The molecule has 0 aromatic rings. The predicted octanol–water partition coefficient (Wildman–Crippen LogP) is 0.698. The minimum atomic E-state index is -0.802. The van der Waals surface area contributed by atoms with E-state index in [4.69, 9.17) is 5.11 Å². The Balaban J connectivity index is 3.99. The standard InChI is InChI=1S/C11H22N2O3/c1-4-12-10(14)6-7-13(5-2)9(3)8-11(15)16/h9H,4-8H2,1-3H3,(H,12,14)(H,15,16). The number of aliphatic carboxylic acids is 1. The third-order valence-electron chi connectivity index (χ3n) is 2.50. The van der Waals surface area contributed by atoms with Gasteiger partial charge in [0.25, 0.3) is 0 Å². The summed E-state index contributed by atoms with van der Waals surface area (Å²) in [6.45, 7) is 7.72. The van der Waals surface area contributed by atoms with Gasteiger partial charge in [0.05, 0.1) is 6.42 Å². The van der Waals surface area contributed by atoms with E-state index in [1.807, 2.05) is 25.7 Å². The van der Waals surface area contributed by atoms with E-state index >= 15 is 0 Å². The molecule has 0 aliphatic carbocycles. The Labute approximate surface area is 96.8 Å². The topological polar surface area (TPSA) is 69.6 Å². The molecule has 0 bridgehead atoms. The molecule has 0 aliphatic heterocycles. The number of carboxylic acid groups (broad SMARTS) is 1.